The number of aryl methyl sites for hydroxylation is 1. The Morgan fingerprint density at radius 2 is 1.68 bits per heavy atom. The summed E-state index contributed by atoms with van der Waals surface area (Å²) < 4.78 is 2.16. The summed E-state index contributed by atoms with van der Waals surface area (Å²) >= 11 is 6.88. The molecule has 5 rings (SSSR count). The molecule has 0 N–H and O–H groups in total. The Bertz CT molecular complexity index is 1480. The normalized spacial score (nSPS) is 17.4. The lowest BCUT2D eigenvalue weighted by Gasteiger charge is -2.36. The molecular weight excluding hydrogens is 551 g/mol. The van der Waals surface area contributed by atoms with E-state index in [1.807, 2.05) is 25.1 Å². The van der Waals surface area contributed by atoms with E-state index in [-0.39, 0.29) is 11.5 Å². The van der Waals surface area contributed by atoms with Gasteiger partial charge in [0.05, 0.1) is 10.5 Å². The summed E-state index contributed by atoms with van der Waals surface area (Å²) in [6, 6.07) is 14.3. The fourth-order valence-electron chi connectivity index (χ4n) is 5.50. The van der Waals surface area contributed by atoms with Crippen LogP contribution in [0.15, 0.2) is 58.4 Å². The zero-order valence-corrected chi connectivity index (χ0v) is 25.7. The van der Waals surface area contributed by atoms with Crippen LogP contribution >= 0.6 is 24.0 Å². The summed E-state index contributed by atoms with van der Waals surface area (Å²) in [6.45, 7) is 8.93. The standard InChI is InChI=1S/C32H39N5O2S2/c1-3-4-5-6-7-11-16-37-31(39)27(41-32(37)40)22-26-29(33-28-24(2)13-12-17-36(28)30(26)38)35-20-18-34(19-21-35)23-25-14-9-8-10-15-25/h8-10,12-15,17,22H,3-7,11,16,18-21,23H2,1-2H3/b27-22+. The third kappa shape index (κ3) is 6.90. The summed E-state index contributed by atoms with van der Waals surface area (Å²) in [4.78, 5) is 39.1. The fourth-order valence-corrected chi connectivity index (χ4v) is 6.79. The van der Waals surface area contributed by atoms with Gasteiger partial charge in [0, 0.05) is 45.5 Å². The predicted octanol–water partition coefficient (Wildman–Crippen LogP) is 5.89. The van der Waals surface area contributed by atoms with Gasteiger partial charge >= 0.3 is 0 Å². The predicted molar refractivity (Wildman–Crippen MR) is 173 cm³/mol. The first-order valence-corrected chi connectivity index (χ1v) is 16.0. The highest BCUT2D eigenvalue weighted by Crippen LogP contribution is 2.34. The van der Waals surface area contributed by atoms with Crippen LogP contribution in [0.3, 0.4) is 0 Å². The molecule has 7 nitrogen and oxygen atoms in total. The lowest BCUT2D eigenvalue weighted by Crippen LogP contribution is -2.47. The quantitative estimate of drug-likeness (QED) is 0.157. The van der Waals surface area contributed by atoms with Crippen LogP contribution in [0.4, 0.5) is 5.82 Å². The van der Waals surface area contributed by atoms with Crippen LogP contribution in [0.5, 0.6) is 0 Å². The summed E-state index contributed by atoms with van der Waals surface area (Å²) in [6.07, 6.45) is 10.4. The first-order chi connectivity index (χ1) is 20.0. The number of unbranched alkanes of at least 4 members (excludes halogenated alkanes) is 5. The fraction of sp³-hybridized carbons (Fsp3) is 0.438. The van der Waals surface area contributed by atoms with Crippen molar-refractivity contribution in [2.45, 2.75) is 58.9 Å². The molecule has 41 heavy (non-hydrogen) atoms. The number of carbonyl (C=O) groups excluding carboxylic acids is 1. The molecule has 0 unspecified atom stereocenters. The van der Waals surface area contributed by atoms with Gasteiger partial charge in [-0.1, -0.05) is 99.4 Å². The highest BCUT2D eigenvalue weighted by atomic mass is 32.2. The van der Waals surface area contributed by atoms with E-state index >= 15 is 0 Å². The molecule has 0 spiro atoms. The van der Waals surface area contributed by atoms with Gasteiger partial charge in [-0.2, -0.15) is 0 Å². The maximum atomic E-state index is 13.9. The largest absolute Gasteiger partial charge is 0.353 e. The van der Waals surface area contributed by atoms with E-state index in [2.05, 4.69) is 41.0 Å². The minimum atomic E-state index is -0.165. The second-order valence-corrected chi connectivity index (χ2v) is 12.6. The maximum absolute atomic E-state index is 13.9. The molecule has 1 amide bonds. The molecule has 2 fully saturated rings. The van der Waals surface area contributed by atoms with Gasteiger partial charge < -0.3 is 4.90 Å². The Hall–Kier alpha value is -3.01. The number of anilines is 1. The molecule has 0 bridgehead atoms. The molecule has 2 aromatic heterocycles. The second kappa shape index (κ2) is 13.8. The maximum Gasteiger partial charge on any atom is 0.267 e. The monoisotopic (exact) mass is 589 g/mol. The molecule has 0 aliphatic carbocycles. The first kappa shape index (κ1) is 29.5. The highest BCUT2D eigenvalue weighted by molar-refractivity contribution is 8.26. The van der Waals surface area contributed by atoms with Crippen LogP contribution in [-0.2, 0) is 11.3 Å². The van der Waals surface area contributed by atoms with Crippen LogP contribution in [0.25, 0.3) is 11.7 Å². The molecule has 2 saturated heterocycles. The minimum Gasteiger partial charge on any atom is -0.353 e. The number of rotatable bonds is 11. The average molecular weight is 590 g/mol. The highest BCUT2D eigenvalue weighted by Gasteiger charge is 2.33. The van der Waals surface area contributed by atoms with E-state index in [1.54, 1.807) is 21.6 Å². The summed E-state index contributed by atoms with van der Waals surface area (Å²) in [5, 5.41) is 0. The Morgan fingerprint density at radius 3 is 2.44 bits per heavy atom. The smallest absolute Gasteiger partial charge is 0.267 e. The number of piperazine rings is 1. The number of benzene rings is 1. The first-order valence-electron chi connectivity index (χ1n) is 14.7. The number of thiocarbonyl (C=S) groups is 1. The zero-order valence-electron chi connectivity index (χ0n) is 24.1. The van der Waals surface area contributed by atoms with E-state index in [4.69, 9.17) is 17.2 Å². The third-order valence-corrected chi connectivity index (χ3v) is 9.25. The van der Waals surface area contributed by atoms with Crippen LogP contribution in [0, 0.1) is 6.92 Å². The van der Waals surface area contributed by atoms with Crippen LogP contribution < -0.4 is 10.5 Å². The molecule has 0 radical (unpaired) electrons. The lowest BCUT2D eigenvalue weighted by atomic mass is 10.1. The molecule has 0 atom stereocenters. The lowest BCUT2D eigenvalue weighted by molar-refractivity contribution is -0.122. The number of thioether (sulfide) groups is 1. The van der Waals surface area contributed by atoms with Crippen molar-refractivity contribution in [1.82, 2.24) is 19.2 Å². The molecule has 4 heterocycles. The molecule has 3 aromatic rings. The van der Waals surface area contributed by atoms with Gasteiger partial charge in [-0.05, 0) is 36.6 Å². The number of fused-ring (bicyclic) bond motifs is 1. The van der Waals surface area contributed by atoms with Crippen LogP contribution in [0.1, 0.15) is 62.1 Å². The van der Waals surface area contributed by atoms with Gasteiger partial charge in [-0.25, -0.2) is 4.98 Å². The Morgan fingerprint density at radius 1 is 0.951 bits per heavy atom. The molecular formula is C32H39N5O2S2. The van der Waals surface area contributed by atoms with Gasteiger partial charge in [-0.15, -0.1) is 0 Å². The second-order valence-electron chi connectivity index (χ2n) is 10.9. The molecule has 0 saturated carbocycles. The van der Waals surface area contributed by atoms with E-state index < -0.39 is 0 Å². The number of carbonyl (C=O) groups is 1. The number of aromatic nitrogens is 2. The molecule has 2 aliphatic rings. The Kier molecular flexibility index (Phi) is 9.90. The molecule has 216 valence electrons. The third-order valence-electron chi connectivity index (χ3n) is 7.87. The van der Waals surface area contributed by atoms with E-state index in [9.17, 15) is 9.59 Å². The van der Waals surface area contributed by atoms with Crippen molar-refractivity contribution in [2.24, 2.45) is 0 Å². The summed E-state index contributed by atoms with van der Waals surface area (Å²) in [5.41, 5.74) is 3.16. The van der Waals surface area contributed by atoms with Crippen molar-refractivity contribution in [2.75, 3.05) is 37.6 Å². The number of hydrogen-bond acceptors (Lipinski definition) is 7. The Balaban J connectivity index is 1.38. The number of pyridine rings is 1. The molecule has 9 heteroatoms. The van der Waals surface area contributed by atoms with Crippen molar-refractivity contribution >= 4 is 51.7 Å². The number of hydrogen-bond donors (Lipinski definition) is 0. The van der Waals surface area contributed by atoms with Gasteiger partial charge in [-0.3, -0.25) is 23.8 Å². The zero-order chi connectivity index (χ0) is 28.8. The van der Waals surface area contributed by atoms with Crippen molar-refractivity contribution in [3.63, 3.8) is 0 Å². The number of amides is 1. The van der Waals surface area contributed by atoms with Crippen LogP contribution in [0.2, 0.25) is 0 Å². The van der Waals surface area contributed by atoms with Gasteiger partial charge in [0.15, 0.2) is 0 Å². The summed E-state index contributed by atoms with van der Waals surface area (Å²) in [5.74, 6) is 0.533. The van der Waals surface area contributed by atoms with Crippen molar-refractivity contribution in [3.8, 4) is 0 Å². The van der Waals surface area contributed by atoms with E-state index in [0.29, 0.717) is 32.8 Å². The topological polar surface area (TPSA) is 61.2 Å². The summed E-state index contributed by atoms with van der Waals surface area (Å²) in [7, 11) is 0. The van der Waals surface area contributed by atoms with E-state index in [0.717, 1.165) is 51.1 Å². The van der Waals surface area contributed by atoms with Gasteiger partial charge in [0.25, 0.3) is 11.5 Å². The Labute approximate surface area is 252 Å². The minimum absolute atomic E-state index is 0.110. The van der Waals surface area contributed by atoms with E-state index in [1.165, 1.54) is 43.0 Å². The van der Waals surface area contributed by atoms with Crippen LogP contribution in [-0.4, -0.2) is 62.1 Å². The average Bonchev–Trinajstić information content (AvgIpc) is 3.25. The van der Waals surface area contributed by atoms with Gasteiger partial charge in [0.2, 0.25) is 0 Å². The number of nitrogens with zero attached hydrogens (tertiary/aromatic N) is 5. The SMILES string of the molecule is CCCCCCCCN1C(=O)/C(=C\c2c(N3CCN(Cc4ccccc4)CC3)nc3c(C)cccn3c2=O)SC1=S. The molecule has 2 aliphatic heterocycles. The van der Waals surface area contributed by atoms with Crippen molar-refractivity contribution in [3.05, 3.63) is 80.6 Å². The van der Waals surface area contributed by atoms with Crippen molar-refractivity contribution in [1.29, 1.82) is 0 Å². The molecule has 1 aromatic carbocycles. The van der Waals surface area contributed by atoms with Gasteiger partial charge in [0.1, 0.15) is 15.8 Å². The van der Waals surface area contributed by atoms with Crippen molar-refractivity contribution < 1.29 is 4.79 Å².